The zero-order chi connectivity index (χ0) is 65.1. The SMILES string of the molecule is CCCCCCCCCCCCCCCC(=O)NCCOCCOCCOCCOCCN(CCOCCOCCOCCOCCNC(=O)CCCCCCCCCCCCCCC)C(=O)COCCOCCOCCOc1ccc(-c2nnc([I-]C)o2)cc1. The topological polar surface area (TPSA) is 228 Å². The molecule has 91 heavy (non-hydrogen) atoms. The van der Waals surface area contributed by atoms with Gasteiger partial charge in [0.25, 0.3) is 0 Å². The summed E-state index contributed by atoms with van der Waals surface area (Å²) in [4.78, 5) is 41.4. The number of ether oxygens (including phenoxy) is 12. The molecule has 0 bridgehead atoms. The molecule has 1 aromatic carbocycles. The number of benzene rings is 1. The molecule has 1 heterocycles. The summed E-state index contributed by atoms with van der Waals surface area (Å²) in [5.74, 6) is 1.23. The van der Waals surface area contributed by atoms with Gasteiger partial charge in [0.05, 0.1) is 126 Å². The van der Waals surface area contributed by atoms with Crippen LogP contribution < -0.4 is 36.6 Å². The predicted molar refractivity (Wildman–Crippen MR) is 352 cm³/mol. The Bertz CT molecular complexity index is 1820. The summed E-state index contributed by atoms with van der Waals surface area (Å²) in [5.41, 5.74) is 0.846. The van der Waals surface area contributed by atoms with E-state index in [1.165, 1.54) is 141 Å². The van der Waals surface area contributed by atoms with Gasteiger partial charge in [-0.25, -0.2) is 0 Å². The first-order valence-corrected chi connectivity index (χ1v) is 38.4. The van der Waals surface area contributed by atoms with Crippen molar-refractivity contribution in [2.24, 2.45) is 0 Å². The van der Waals surface area contributed by atoms with Gasteiger partial charge in [-0.1, -0.05) is 168 Å². The second kappa shape index (κ2) is 66.9. The number of nitrogens with one attached hydrogen (secondary N) is 2. The third kappa shape index (κ3) is 55.8. The van der Waals surface area contributed by atoms with Crippen LogP contribution in [0.1, 0.15) is 194 Å². The first-order chi connectivity index (χ1) is 45.0. The number of hydrogen-bond donors (Lipinski definition) is 2. The summed E-state index contributed by atoms with van der Waals surface area (Å²) >= 11 is -0.252. The molecular formula is C69H125IN5O16-. The molecule has 530 valence electrons. The third-order valence-electron chi connectivity index (χ3n) is 14.9. The van der Waals surface area contributed by atoms with Gasteiger partial charge in [-0.15, -0.1) is 0 Å². The summed E-state index contributed by atoms with van der Waals surface area (Å²) in [7, 11) is 0. The molecular weight excluding hydrogens is 1280 g/mol. The molecule has 0 saturated heterocycles. The second-order valence-electron chi connectivity index (χ2n) is 22.7. The van der Waals surface area contributed by atoms with E-state index in [0.29, 0.717) is 188 Å². The van der Waals surface area contributed by atoms with Crippen LogP contribution in [-0.2, 0) is 66.5 Å². The maximum atomic E-state index is 13.3. The fourth-order valence-corrected chi connectivity index (χ4v) is 10.3. The van der Waals surface area contributed by atoms with Gasteiger partial charge >= 0.3 is 115 Å². The van der Waals surface area contributed by atoms with Crippen molar-refractivity contribution in [3.8, 4) is 17.2 Å². The predicted octanol–water partition coefficient (Wildman–Crippen LogP) is 8.21. The van der Waals surface area contributed by atoms with Crippen molar-refractivity contribution < 1.29 is 96.8 Å². The van der Waals surface area contributed by atoms with Gasteiger partial charge in [0.2, 0.25) is 17.7 Å². The van der Waals surface area contributed by atoms with Crippen LogP contribution in [-0.4, -0.2) is 216 Å². The Kier molecular flexibility index (Phi) is 61.7. The first kappa shape index (κ1) is 83.9. The quantitative estimate of drug-likeness (QED) is 0.0361. The van der Waals surface area contributed by atoms with E-state index in [9.17, 15) is 14.4 Å². The molecule has 0 unspecified atom stereocenters. The Morgan fingerprint density at radius 1 is 0.396 bits per heavy atom. The van der Waals surface area contributed by atoms with Crippen molar-refractivity contribution in [1.82, 2.24) is 25.7 Å². The number of amides is 3. The van der Waals surface area contributed by atoms with Crippen LogP contribution in [0, 0.1) is 3.90 Å². The summed E-state index contributed by atoms with van der Waals surface area (Å²) in [6.45, 7) is 14.7. The number of carbonyl (C=O) groups is 3. The Morgan fingerprint density at radius 3 is 1.07 bits per heavy atom. The number of carbonyl (C=O) groups excluding carboxylic acids is 3. The molecule has 21 nitrogen and oxygen atoms in total. The fraction of sp³-hybridized carbons (Fsp3) is 0.841. The van der Waals surface area contributed by atoms with Crippen LogP contribution in [0.15, 0.2) is 28.7 Å². The zero-order valence-electron chi connectivity index (χ0n) is 57.0. The Hall–Kier alpha value is -3.14. The second-order valence-corrected chi connectivity index (χ2v) is 24.7. The van der Waals surface area contributed by atoms with Crippen LogP contribution in [0.2, 0.25) is 0 Å². The molecule has 0 saturated carbocycles. The Balaban J connectivity index is 1.49. The van der Waals surface area contributed by atoms with Crippen molar-refractivity contribution in [2.45, 2.75) is 194 Å². The van der Waals surface area contributed by atoms with E-state index in [2.05, 4.69) is 39.6 Å². The molecule has 22 heteroatoms. The average molecular weight is 1410 g/mol. The molecule has 0 spiro atoms. The fourth-order valence-electron chi connectivity index (χ4n) is 9.54. The molecule has 0 aliphatic heterocycles. The van der Waals surface area contributed by atoms with Gasteiger partial charge in [-0.2, -0.15) is 0 Å². The van der Waals surface area contributed by atoms with Crippen molar-refractivity contribution in [1.29, 1.82) is 0 Å². The Labute approximate surface area is 559 Å². The van der Waals surface area contributed by atoms with E-state index < -0.39 is 0 Å². The molecule has 1 aromatic heterocycles. The molecule has 0 atom stereocenters. The summed E-state index contributed by atoms with van der Waals surface area (Å²) in [5, 5.41) is 14.1. The maximum absolute atomic E-state index is 13.3. The molecule has 0 aliphatic rings. The molecule has 2 N–H and O–H groups in total. The average Bonchev–Trinajstić information content (AvgIpc) is 4.13. The minimum absolute atomic E-state index is 0.0928. The van der Waals surface area contributed by atoms with Gasteiger partial charge < -0.3 is 62.9 Å². The number of nitrogens with zero attached hydrogens (tertiary/aromatic N) is 3. The van der Waals surface area contributed by atoms with Crippen molar-refractivity contribution in [2.75, 3.05) is 183 Å². The van der Waals surface area contributed by atoms with Gasteiger partial charge in [0.1, 0.15) is 6.61 Å². The zero-order valence-corrected chi connectivity index (χ0v) is 59.1. The monoisotopic (exact) mass is 1410 g/mol. The molecule has 2 aromatic rings. The van der Waals surface area contributed by atoms with Crippen LogP contribution in [0.25, 0.3) is 11.5 Å². The first-order valence-electron chi connectivity index (χ1n) is 35.2. The van der Waals surface area contributed by atoms with Crippen LogP contribution in [0.5, 0.6) is 5.75 Å². The van der Waals surface area contributed by atoms with E-state index in [4.69, 9.17) is 61.3 Å². The van der Waals surface area contributed by atoms with Crippen molar-refractivity contribution in [3.05, 3.63) is 28.2 Å². The number of hydrogen-bond acceptors (Lipinski definition) is 18. The molecule has 3 amide bonds. The number of halogens is 1. The van der Waals surface area contributed by atoms with Crippen LogP contribution in [0.3, 0.4) is 0 Å². The van der Waals surface area contributed by atoms with Gasteiger partial charge in [-0.3, -0.25) is 14.4 Å². The number of aromatic nitrogens is 2. The molecule has 0 radical (unpaired) electrons. The van der Waals surface area contributed by atoms with Gasteiger partial charge in [0, 0.05) is 39.0 Å². The number of unbranched alkanes of at least 4 members (excludes halogenated alkanes) is 24. The van der Waals surface area contributed by atoms with Crippen molar-refractivity contribution in [3.63, 3.8) is 0 Å². The summed E-state index contributed by atoms with van der Waals surface area (Å²) in [6, 6.07) is 7.50. The summed E-state index contributed by atoms with van der Waals surface area (Å²) in [6.07, 6.45) is 34.7. The molecule has 2 rings (SSSR count). The number of rotatable bonds is 72. The van der Waals surface area contributed by atoms with Crippen LogP contribution in [0.4, 0.5) is 0 Å². The third-order valence-corrected chi connectivity index (χ3v) is 16.2. The standard InChI is InChI=1S/C69H125IN5O16/c1-4-6-8-10-12-14-16-18-20-22-24-26-28-30-65(76)71-36-40-79-44-48-83-52-54-85-50-46-81-42-38-75(67(78)62-89-59-58-87-56-57-88-60-61-90-64-34-32-63(33-35-64)68-73-74-69(70-3)91-68)39-43-82-47-51-86-55-53-84-49-45-80-41-37-72-66(77)31-29-27-25-23-21-19-17-15-13-11-9-7-5-2/h32-35H,4-31,36-62H2,1-3H3,(H,71,76)(H,72,77)/q-1. The molecule has 0 aliphatic carbocycles. The van der Waals surface area contributed by atoms with E-state index in [1.54, 1.807) is 4.90 Å². The Morgan fingerprint density at radius 2 is 0.714 bits per heavy atom. The van der Waals surface area contributed by atoms with E-state index in [-0.39, 0.29) is 52.1 Å². The van der Waals surface area contributed by atoms with E-state index >= 15 is 0 Å². The minimum atomic E-state index is -0.252. The van der Waals surface area contributed by atoms with Crippen LogP contribution >= 0.6 is 0 Å². The van der Waals surface area contributed by atoms with E-state index in [1.807, 2.05) is 24.3 Å². The van der Waals surface area contributed by atoms with Gasteiger partial charge in [0.15, 0.2) is 0 Å². The summed E-state index contributed by atoms with van der Waals surface area (Å²) < 4.78 is 74.5. The normalized spacial score (nSPS) is 11.5. The number of alkyl halides is 1. The van der Waals surface area contributed by atoms with Gasteiger partial charge in [-0.05, 0) is 12.8 Å². The van der Waals surface area contributed by atoms with E-state index in [0.717, 1.165) is 37.0 Å². The molecule has 0 fully saturated rings. The van der Waals surface area contributed by atoms with Crippen molar-refractivity contribution >= 4 is 17.7 Å².